The van der Waals surface area contributed by atoms with Crippen molar-refractivity contribution in [2.75, 3.05) is 40.5 Å². The lowest BCUT2D eigenvalue weighted by atomic mass is 9.97. The van der Waals surface area contributed by atoms with E-state index < -0.39 is 0 Å². The molecule has 0 amide bonds. The molecule has 1 aliphatic rings. The normalized spacial score (nSPS) is 20.3. The highest BCUT2D eigenvalue weighted by Crippen LogP contribution is 2.27. The van der Waals surface area contributed by atoms with E-state index in [1.54, 1.807) is 7.11 Å². The molecule has 2 unspecified atom stereocenters. The number of rotatable bonds is 6. The Labute approximate surface area is 120 Å². The Balaban J connectivity index is 1.93. The molecular formula is C15H22ClNO2. The van der Waals surface area contributed by atoms with E-state index >= 15 is 0 Å². The van der Waals surface area contributed by atoms with Crippen molar-refractivity contribution in [2.24, 2.45) is 0 Å². The largest absolute Gasteiger partial charge is 0.383 e. The summed E-state index contributed by atoms with van der Waals surface area (Å²) < 4.78 is 11.0. The van der Waals surface area contributed by atoms with Crippen molar-refractivity contribution in [3.63, 3.8) is 0 Å². The third-order valence-corrected chi connectivity index (χ3v) is 3.69. The van der Waals surface area contributed by atoms with Crippen LogP contribution in [-0.4, -0.2) is 50.7 Å². The lowest BCUT2D eigenvalue weighted by Crippen LogP contribution is -2.34. The monoisotopic (exact) mass is 283 g/mol. The lowest BCUT2D eigenvalue weighted by molar-refractivity contribution is 0.0200. The first-order chi connectivity index (χ1) is 9.20. The summed E-state index contributed by atoms with van der Waals surface area (Å²) in [7, 11) is 3.75. The van der Waals surface area contributed by atoms with Crippen molar-refractivity contribution in [3.05, 3.63) is 35.4 Å². The van der Waals surface area contributed by atoms with Crippen LogP contribution in [0.15, 0.2) is 24.3 Å². The van der Waals surface area contributed by atoms with E-state index in [-0.39, 0.29) is 11.5 Å². The SMILES string of the molecule is COCC(Cl)CN(C)CC1OCCc2ccccc21. The third kappa shape index (κ3) is 4.18. The second-order valence-electron chi connectivity index (χ2n) is 5.08. The average molecular weight is 284 g/mol. The van der Waals surface area contributed by atoms with Gasteiger partial charge in [-0.3, -0.25) is 0 Å². The summed E-state index contributed by atoms with van der Waals surface area (Å²) in [5, 5.41) is 0.0221. The summed E-state index contributed by atoms with van der Waals surface area (Å²) in [6.45, 7) is 3.05. The molecule has 0 N–H and O–H groups in total. The van der Waals surface area contributed by atoms with Gasteiger partial charge < -0.3 is 14.4 Å². The summed E-state index contributed by atoms with van der Waals surface area (Å²) in [5.41, 5.74) is 2.73. The topological polar surface area (TPSA) is 21.7 Å². The van der Waals surface area contributed by atoms with Crippen LogP contribution in [0, 0.1) is 0 Å². The first kappa shape index (κ1) is 14.8. The first-order valence-electron chi connectivity index (χ1n) is 6.71. The minimum absolute atomic E-state index is 0.0221. The Bertz CT molecular complexity index is 399. The maximum atomic E-state index is 6.19. The Hall–Kier alpha value is -0.610. The molecule has 0 saturated carbocycles. The van der Waals surface area contributed by atoms with Gasteiger partial charge in [-0.25, -0.2) is 0 Å². The number of ether oxygens (including phenoxy) is 2. The van der Waals surface area contributed by atoms with Crippen LogP contribution in [0.5, 0.6) is 0 Å². The molecule has 1 aromatic rings. The summed E-state index contributed by atoms with van der Waals surface area (Å²) in [4.78, 5) is 2.21. The molecule has 0 saturated heterocycles. The number of methoxy groups -OCH3 is 1. The fourth-order valence-corrected chi connectivity index (χ4v) is 2.92. The average Bonchev–Trinajstić information content (AvgIpc) is 2.39. The van der Waals surface area contributed by atoms with Crippen LogP contribution in [0.2, 0.25) is 0 Å². The molecule has 2 atom stereocenters. The molecule has 0 radical (unpaired) electrons. The summed E-state index contributed by atoms with van der Waals surface area (Å²) in [6, 6.07) is 8.54. The zero-order valence-electron chi connectivity index (χ0n) is 11.6. The van der Waals surface area contributed by atoms with Crippen molar-refractivity contribution < 1.29 is 9.47 Å². The van der Waals surface area contributed by atoms with E-state index in [4.69, 9.17) is 21.1 Å². The third-order valence-electron chi connectivity index (χ3n) is 3.43. The quantitative estimate of drug-likeness (QED) is 0.749. The van der Waals surface area contributed by atoms with Gasteiger partial charge in [-0.05, 0) is 24.6 Å². The van der Waals surface area contributed by atoms with Gasteiger partial charge in [0.05, 0.1) is 24.7 Å². The predicted octanol–water partition coefficient (Wildman–Crippen LogP) is 2.49. The molecule has 0 aromatic heterocycles. The van der Waals surface area contributed by atoms with Gasteiger partial charge in [0, 0.05) is 20.2 Å². The zero-order chi connectivity index (χ0) is 13.7. The maximum absolute atomic E-state index is 6.19. The van der Waals surface area contributed by atoms with Crippen molar-refractivity contribution in [1.29, 1.82) is 0 Å². The van der Waals surface area contributed by atoms with Crippen LogP contribution in [0.1, 0.15) is 17.2 Å². The Morgan fingerprint density at radius 2 is 2.26 bits per heavy atom. The van der Waals surface area contributed by atoms with Crippen LogP contribution in [0.3, 0.4) is 0 Å². The molecule has 4 heteroatoms. The summed E-state index contributed by atoms with van der Waals surface area (Å²) >= 11 is 6.19. The zero-order valence-corrected chi connectivity index (χ0v) is 12.4. The highest BCUT2D eigenvalue weighted by molar-refractivity contribution is 6.20. The molecule has 2 rings (SSSR count). The predicted molar refractivity (Wildman–Crippen MR) is 77.9 cm³/mol. The minimum Gasteiger partial charge on any atom is -0.383 e. The van der Waals surface area contributed by atoms with Crippen molar-refractivity contribution in [2.45, 2.75) is 17.9 Å². The molecule has 1 aromatic carbocycles. The molecule has 0 fully saturated rings. The molecule has 0 bridgehead atoms. The number of benzene rings is 1. The molecule has 1 heterocycles. The van der Waals surface area contributed by atoms with Crippen molar-refractivity contribution >= 4 is 11.6 Å². The highest BCUT2D eigenvalue weighted by atomic mass is 35.5. The van der Waals surface area contributed by atoms with Gasteiger partial charge in [-0.15, -0.1) is 11.6 Å². The van der Waals surface area contributed by atoms with Gasteiger partial charge in [0.2, 0.25) is 0 Å². The number of alkyl halides is 1. The van der Waals surface area contributed by atoms with Crippen LogP contribution in [-0.2, 0) is 15.9 Å². The van der Waals surface area contributed by atoms with Gasteiger partial charge >= 0.3 is 0 Å². The van der Waals surface area contributed by atoms with Gasteiger partial charge in [0.1, 0.15) is 0 Å². The van der Waals surface area contributed by atoms with Gasteiger partial charge in [0.25, 0.3) is 0 Å². The standard InChI is InChI=1S/C15H22ClNO2/c1-17(9-13(16)11-18-2)10-15-14-6-4-3-5-12(14)7-8-19-15/h3-6,13,15H,7-11H2,1-2H3. The Morgan fingerprint density at radius 1 is 1.47 bits per heavy atom. The highest BCUT2D eigenvalue weighted by Gasteiger charge is 2.22. The first-order valence-corrected chi connectivity index (χ1v) is 7.15. The number of hydrogen-bond donors (Lipinski definition) is 0. The molecule has 19 heavy (non-hydrogen) atoms. The van der Waals surface area contributed by atoms with Crippen LogP contribution < -0.4 is 0 Å². The van der Waals surface area contributed by atoms with E-state index in [2.05, 4.69) is 36.2 Å². The van der Waals surface area contributed by atoms with E-state index in [0.29, 0.717) is 6.61 Å². The second-order valence-corrected chi connectivity index (χ2v) is 5.70. The van der Waals surface area contributed by atoms with Crippen LogP contribution >= 0.6 is 11.6 Å². The van der Waals surface area contributed by atoms with E-state index in [9.17, 15) is 0 Å². The van der Waals surface area contributed by atoms with E-state index in [0.717, 1.165) is 26.1 Å². The van der Waals surface area contributed by atoms with Crippen molar-refractivity contribution in [3.8, 4) is 0 Å². The molecule has 3 nitrogen and oxygen atoms in total. The van der Waals surface area contributed by atoms with Gasteiger partial charge in [-0.2, -0.15) is 0 Å². The van der Waals surface area contributed by atoms with Gasteiger partial charge in [0.15, 0.2) is 0 Å². The number of fused-ring (bicyclic) bond motifs is 1. The fourth-order valence-electron chi connectivity index (χ4n) is 2.56. The van der Waals surface area contributed by atoms with E-state index in [1.165, 1.54) is 11.1 Å². The van der Waals surface area contributed by atoms with Crippen molar-refractivity contribution in [1.82, 2.24) is 4.90 Å². The molecule has 106 valence electrons. The minimum atomic E-state index is 0.0221. The Morgan fingerprint density at radius 3 is 3.05 bits per heavy atom. The number of hydrogen-bond acceptors (Lipinski definition) is 3. The smallest absolute Gasteiger partial charge is 0.0954 e. The van der Waals surface area contributed by atoms with Gasteiger partial charge in [-0.1, -0.05) is 24.3 Å². The summed E-state index contributed by atoms with van der Waals surface area (Å²) in [6.07, 6.45) is 1.17. The Kier molecular flexibility index (Phi) is 5.64. The molecular weight excluding hydrogens is 262 g/mol. The number of halogens is 1. The maximum Gasteiger partial charge on any atom is 0.0954 e. The molecule has 1 aliphatic heterocycles. The number of likely N-dealkylation sites (N-methyl/N-ethyl adjacent to an activating group) is 1. The molecule has 0 aliphatic carbocycles. The summed E-state index contributed by atoms with van der Waals surface area (Å²) in [5.74, 6) is 0. The fraction of sp³-hybridized carbons (Fsp3) is 0.600. The van der Waals surface area contributed by atoms with Crippen LogP contribution in [0.25, 0.3) is 0 Å². The number of nitrogens with zero attached hydrogens (tertiary/aromatic N) is 1. The second kappa shape index (κ2) is 7.25. The molecule has 0 spiro atoms. The van der Waals surface area contributed by atoms with Crippen LogP contribution in [0.4, 0.5) is 0 Å². The lowest BCUT2D eigenvalue weighted by Gasteiger charge is -2.30. The van der Waals surface area contributed by atoms with E-state index in [1.807, 2.05) is 0 Å².